The zero-order chi connectivity index (χ0) is 22.5. The van der Waals surface area contributed by atoms with E-state index in [9.17, 15) is 4.79 Å². The van der Waals surface area contributed by atoms with Crippen molar-refractivity contribution >= 4 is 32.1 Å². The monoisotopic (exact) mass is 466 g/mol. The van der Waals surface area contributed by atoms with Gasteiger partial charge in [0, 0.05) is 6.08 Å². The molecular formula is C19H42O7Si3. The number of aliphatic hydroxyl groups is 1. The van der Waals surface area contributed by atoms with Gasteiger partial charge in [-0.25, -0.2) is 4.79 Å². The third-order valence-corrected chi connectivity index (χ3v) is 7.86. The second-order valence-corrected chi connectivity index (χ2v) is 19.7. The predicted octanol–water partition coefficient (Wildman–Crippen LogP) is 2.46. The van der Waals surface area contributed by atoms with E-state index < -0.39 is 26.2 Å². The molecule has 0 saturated carbocycles. The minimum atomic E-state index is -1.74. The summed E-state index contributed by atoms with van der Waals surface area (Å²) in [6.45, 7) is 17.4. The van der Waals surface area contributed by atoms with Gasteiger partial charge in [-0.05, 0) is 59.2 Å². The van der Waals surface area contributed by atoms with E-state index in [0.717, 1.165) is 6.04 Å². The minimum Gasteiger partial charge on any atom is -0.460 e. The molecule has 7 nitrogen and oxygen atoms in total. The molecule has 0 fully saturated rings. The van der Waals surface area contributed by atoms with Crippen molar-refractivity contribution < 1.29 is 33.0 Å². The number of esters is 1. The molecular weight excluding hydrogens is 424 g/mol. The molecule has 0 aromatic rings. The summed E-state index contributed by atoms with van der Waals surface area (Å²) in [5, 5.41) is 8.87. The molecule has 29 heavy (non-hydrogen) atoms. The Bertz CT molecular complexity index is 459. The summed E-state index contributed by atoms with van der Waals surface area (Å²) >= 11 is 0. The van der Waals surface area contributed by atoms with Crippen molar-refractivity contribution in [3.63, 3.8) is 0 Å². The molecule has 0 aromatic heterocycles. The van der Waals surface area contributed by atoms with Gasteiger partial charge in [-0.15, -0.1) is 0 Å². The van der Waals surface area contributed by atoms with E-state index in [1.807, 2.05) is 6.92 Å². The first-order valence-corrected chi connectivity index (χ1v) is 19.0. The molecule has 2 unspecified atom stereocenters. The molecule has 10 heteroatoms. The first kappa shape index (κ1) is 28.7. The number of hydrogen-bond acceptors (Lipinski definition) is 7. The van der Waals surface area contributed by atoms with Crippen LogP contribution in [0, 0.1) is 0 Å². The number of carbonyl (C=O) groups is 1. The van der Waals surface area contributed by atoms with Gasteiger partial charge in [0.1, 0.15) is 12.5 Å². The molecule has 2 atom stereocenters. The quantitative estimate of drug-likeness (QED) is 0.162. The highest BCUT2D eigenvalue weighted by molar-refractivity contribution is 6.71. The van der Waals surface area contributed by atoms with Gasteiger partial charge in [0.2, 0.25) is 0 Å². The summed E-state index contributed by atoms with van der Waals surface area (Å²) in [5.74, 6) is -0.519. The maximum atomic E-state index is 11.7. The zero-order valence-electron chi connectivity index (χ0n) is 19.5. The lowest BCUT2D eigenvalue weighted by Crippen LogP contribution is -2.44. The van der Waals surface area contributed by atoms with Crippen molar-refractivity contribution in [3.8, 4) is 0 Å². The first-order chi connectivity index (χ1) is 13.4. The van der Waals surface area contributed by atoms with Crippen molar-refractivity contribution in [2.24, 2.45) is 0 Å². The fourth-order valence-electron chi connectivity index (χ4n) is 2.40. The van der Waals surface area contributed by atoms with E-state index in [4.69, 9.17) is 28.2 Å². The van der Waals surface area contributed by atoms with Crippen LogP contribution in [-0.4, -0.2) is 81.8 Å². The molecule has 1 N–H and O–H groups in total. The molecule has 0 radical (unpaired) electrons. The van der Waals surface area contributed by atoms with Crippen LogP contribution in [0.3, 0.4) is 0 Å². The van der Waals surface area contributed by atoms with Crippen molar-refractivity contribution in [1.29, 1.82) is 0 Å². The molecule has 0 aliphatic carbocycles. The molecule has 0 aromatic carbocycles. The maximum absolute atomic E-state index is 11.7. The van der Waals surface area contributed by atoms with E-state index >= 15 is 0 Å². The lowest BCUT2D eigenvalue weighted by atomic mass is 10.4. The van der Waals surface area contributed by atoms with E-state index in [1.54, 1.807) is 13.0 Å². The lowest BCUT2D eigenvalue weighted by molar-refractivity contribution is -0.142. The largest absolute Gasteiger partial charge is 0.460 e. The van der Waals surface area contributed by atoms with Crippen LogP contribution in [0.5, 0.6) is 0 Å². The van der Waals surface area contributed by atoms with Crippen LogP contribution in [0.2, 0.25) is 45.3 Å². The summed E-state index contributed by atoms with van der Waals surface area (Å²) in [7, 11) is -4.26. The van der Waals surface area contributed by atoms with Gasteiger partial charge in [0.25, 0.3) is 0 Å². The molecule has 0 heterocycles. The summed E-state index contributed by atoms with van der Waals surface area (Å²) in [4.78, 5) is 11.7. The summed E-state index contributed by atoms with van der Waals surface area (Å²) in [6, 6.07) is 0.773. The summed E-state index contributed by atoms with van der Waals surface area (Å²) in [6.07, 6.45) is 2.67. The smallest absolute Gasteiger partial charge is 0.330 e. The number of allylic oxidation sites excluding steroid dienone is 1. The van der Waals surface area contributed by atoms with Gasteiger partial charge in [-0.1, -0.05) is 6.08 Å². The number of aliphatic hydroxyl groups excluding tert-OH is 1. The Labute approximate surface area is 181 Å². The Balaban J connectivity index is 4.90. The number of rotatable bonds is 16. The number of ether oxygens (including phenoxy) is 3. The average molecular weight is 467 g/mol. The maximum Gasteiger partial charge on any atom is 0.330 e. The fourth-order valence-corrected chi connectivity index (χ4v) is 9.09. The van der Waals surface area contributed by atoms with E-state index in [0.29, 0.717) is 6.61 Å². The highest BCUT2D eigenvalue weighted by Gasteiger charge is 2.28. The van der Waals surface area contributed by atoms with Gasteiger partial charge in [-0.3, -0.25) is 0 Å². The van der Waals surface area contributed by atoms with Crippen molar-refractivity contribution in [3.05, 3.63) is 12.2 Å². The van der Waals surface area contributed by atoms with Crippen molar-refractivity contribution in [2.75, 3.05) is 26.4 Å². The van der Waals surface area contributed by atoms with Gasteiger partial charge in [-0.2, -0.15) is 0 Å². The third kappa shape index (κ3) is 18.2. The van der Waals surface area contributed by atoms with Crippen LogP contribution in [0.4, 0.5) is 0 Å². The molecule has 172 valence electrons. The standard InChI is InChI=1S/C19H42O7Si3/c1-9-10-18(21)24-14-17(23-13-16(2)22-12-11-20)15-27-19(25-28(3,4)5)26-29(6,7)8/h9-10,16-17,19-20H,11-15,27H2,1-8H3. The molecule has 0 aliphatic heterocycles. The molecule has 0 saturated heterocycles. The number of hydrogen-bond donors (Lipinski definition) is 1. The van der Waals surface area contributed by atoms with Crippen LogP contribution >= 0.6 is 0 Å². The highest BCUT2D eigenvalue weighted by Crippen LogP contribution is 2.16. The summed E-state index contributed by atoms with van der Waals surface area (Å²) in [5.41, 5.74) is 0. The van der Waals surface area contributed by atoms with Gasteiger partial charge in [0.15, 0.2) is 16.6 Å². The Morgan fingerprint density at radius 1 is 1.03 bits per heavy atom. The third-order valence-electron chi connectivity index (χ3n) is 3.47. The van der Waals surface area contributed by atoms with Crippen LogP contribution in [0.1, 0.15) is 13.8 Å². The molecule has 0 bridgehead atoms. The fraction of sp³-hybridized carbons (Fsp3) is 0.842. The summed E-state index contributed by atoms with van der Waals surface area (Å²) < 4.78 is 29.3. The SMILES string of the molecule is CC=CC(=O)OCC(C[SiH2]C(O[Si](C)(C)C)O[Si](C)(C)C)OCC(C)OCCO. The second-order valence-electron chi connectivity index (χ2n) is 8.96. The average Bonchev–Trinajstić information content (AvgIpc) is 2.56. The van der Waals surface area contributed by atoms with Crippen LogP contribution < -0.4 is 0 Å². The van der Waals surface area contributed by atoms with Gasteiger partial charge in [0.05, 0.1) is 41.5 Å². The van der Waals surface area contributed by atoms with Crippen molar-refractivity contribution in [1.82, 2.24) is 0 Å². The van der Waals surface area contributed by atoms with Gasteiger partial charge < -0.3 is 28.2 Å². The topological polar surface area (TPSA) is 83.5 Å². The number of carbonyl (C=O) groups excluding carboxylic acids is 1. The van der Waals surface area contributed by atoms with Crippen molar-refractivity contribution in [2.45, 2.75) is 77.3 Å². The minimum absolute atomic E-state index is 0.0224. The zero-order valence-corrected chi connectivity index (χ0v) is 22.9. The Hall–Kier alpha value is -0.339. The Kier molecular flexibility index (Phi) is 14.5. The Morgan fingerprint density at radius 3 is 2.10 bits per heavy atom. The molecule has 0 amide bonds. The van der Waals surface area contributed by atoms with Crippen LogP contribution in [0.15, 0.2) is 12.2 Å². The van der Waals surface area contributed by atoms with Gasteiger partial charge >= 0.3 is 5.97 Å². The van der Waals surface area contributed by atoms with E-state index in [2.05, 4.69) is 39.3 Å². The highest BCUT2D eigenvalue weighted by atomic mass is 28.4. The Morgan fingerprint density at radius 2 is 1.62 bits per heavy atom. The molecule has 0 aliphatic rings. The van der Waals surface area contributed by atoms with E-state index in [-0.39, 0.29) is 43.9 Å². The van der Waals surface area contributed by atoms with Crippen LogP contribution in [0.25, 0.3) is 0 Å². The first-order valence-electron chi connectivity index (χ1n) is 10.4. The second kappa shape index (κ2) is 14.6. The normalized spacial score (nSPS) is 15.5. The van der Waals surface area contributed by atoms with E-state index in [1.165, 1.54) is 6.08 Å². The lowest BCUT2D eigenvalue weighted by Gasteiger charge is -2.32. The van der Waals surface area contributed by atoms with Crippen LogP contribution in [-0.2, 0) is 27.9 Å². The molecule has 0 rings (SSSR count). The predicted molar refractivity (Wildman–Crippen MR) is 124 cm³/mol. The molecule has 0 spiro atoms.